The van der Waals surface area contributed by atoms with Crippen LogP contribution in [0.25, 0.3) is 0 Å². The third-order valence-corrected chi connectivity index (χ3v) is 5.08. The molecule has 2 rings (SSSR count). The maximum atomic E-state index is 12.4. The average molecular weight is 385 g/mol. The molecule has 22 heavy (non-hydrogen) atoms. The van der Waals surface area contributed by atoms with Crippen LogP contribution in [0.3, 0.4) is 0 Å². The summed E-state index contributed by atoms with van der Waals surface area (Å²) < 4.78 is 27.8. The second-order valence-corrected chi connectivity index (χ2v) is 7.33. The van der Waals surface area contributed by atoms with Crippen LogP contribution in [0.2, 0.25) is 0 Å². The Kier molecular flexibility index (Phi) is 4.52. The third kappa shape index (κ3) is 3.45. The summed E-state index contributed by atoms with van der Waals surface area (Å²) in [5, 5.41) is 10.9. The normalized spacial score (nSPS) is 11.2. The molecule has 0 aromatic heterocycles. The monoisotopic (exact) mass is 384 g/mol. The first kappa shape index (κ1) is 16.4. The number of halogens is 1. The Bertz CT molecular complexity index is 850. The first-order valence-corrected chi connectivity index (χ1v) is 8.52. The highest BCUT2D eigenvalue weighted by Crippen LogP contribution is 2.28. The lowest BCUT2D eigenvalue weighted by Crippen LogP contribution is -2.13. The Hall–Kier alpha value is -1.93. The Morgan fingerprint density at radius 2 is 1.82 bits per heavy atom. The van der Waals surface area contributed by atoms with Gasteiger partial charge in [-0.15, -0.1) is 0 Å². The number of hydrogen-bond donors (Lipinski definition) is 1. The SMILES string of the molecule is Cc1ccc(NS(=O)(=O)c2ccc(C)c([N+](=O)[O-])c2)c(Br)c1. The van der Waals surface area contributed by atoms with Crippen molar-refractivity contribution in [3.8, 4) is 0 Å². The lowest BCUT2D eigenvalue weighted by atomic mass is 10.2. The third-order valence-electron chi connectivity index (χ3n) is 3.06. The molecule has 0 spiro atoms. The van der Waals surface area contributed by atoms with Crippen molar-refractivity contribution in [1.29, 1.82) is 0 Å². The van der Waals surface area contributed by atoms with Crippen molar-refractivity contribution in [3.63, 3.8) is 0 Å². The van der Waals surface area contributed by atoms with E-state index in [1.54, 1.807) is 25.1 Å². The second-order valence-electron chi connectivity index (χ2n) is 4.79. The highest BCUT2D eigenvalue weighted by atomic mass is 79.9. The number of anilines is 1. The molecule has 0 amide bonds. The van der Waals surface area contributed by atoms with Gasteiger partial charge in [-0.3, -0.25) is 14.8 Å². The number of rotatable bonds is 4. The Labute approximate surface area is 136 Å². The summed E-state index contributed by atoms with van der Waals surface area (Å²) in [4.78, 5) is 10.2. The number of aryl methyl sites for hydroxylation is 2. The standard InChI is InChI=1S/C14H13BrN2O4S/c1-9-3-6-13(12(15)7-9)16-22(20,21)11-5-4-10(2)14(8-11)17(18)19/h3-8,16H,1-2H3. The van der Waals surface area contributed by atoms with E-state index in [-0.39, 0.29) is 10.6 Å². The van der Waals surface area contributed by atoms with Crippen LogP contribution in [0.4, 0.5) is 11.4 Å². The van der Waals surface area contributed by atoms with E-state index in [0.717, 1.165) is 11.6 Å². The van der Waals surface area contributed by atoms with Gasteiger partial charge in [-0.25, -0.2) is 8.42 Å². The molecule has 116 valence electrons. The van der Waals surface area contributed by atoms with Gasteiger partial charge in [0.25, 0.3) is 15.7 Å². The van der Waals surface area contributed by atoms with Crippen LogP contribution in [0.1, 0.15) is 11.1 Å². The summed E-state index contributed by atoms with van der Waals surface area (Å²) in [6.45, 7) is 3.44. The minimum Gasteiger partial charge on any atom is -0.278 e. The molecule has 0 saturated heterocycles. The maximum absolute atomic E-state index is 12.4. The van der Waals surface area contributed by atoms with Crippen LogP contribution >= 0.6 is 15.9 Å². The summed E-state index contributed by atoms with van der Waals surface area (Å²) >= 11 is 3.29. The molecule has 2 aromatic rings. The number of nitrogens with zero attached hydrogens (tertiary/aromatic N) is 1. The zero-order valence-electron chi connectivity index (χ0n) is 11.8. The molecule has 6 nitrogen and oxygen atoms in total. The van der Waals surface area contributed by atoms with Gasteiger partial charge in [-0.1, -0.05) is 12.1 Å². The Morgan fingerprint density at radius 1 is 1.14 bits per heavy atom. The average Bonchev–Trinajstić information content (AvgIpc) is 2.42. The predicted octanol–water partition coefficient (Wildman–Crippen LogP) is 3.77. The highest BCUT2D eigenvalue weighted by Gasteiger charge is 2.20. The summed E-state index contributed by atoms with van der Waals surface area (Å²) in [5.41, 5.74) is 1.51. The minimum absolute atomic E-state index is 0.155. The molecular formula is C14H13BrN2O4S. The van der Waals surface area contributed by atoms with Crippen LogP contribution < -0.4 is 4.72 Å². The molecule has 0 bridgehead atoms. The molecule has 0 radical (unpaired) electrons. The van der Waals surface area contributed by atoms with Crippen LogP contribution in [0.15, 0.2) is 45.8 Å². The van der Waals surface area contributed by atoms with Gasteiger partial charge in [0.05, 0.1) is 15.5 Å². The summed E-state index contributed by atoms with van der Waals surface area (Å²) in [7, 11) is -3.91. The predicted molar refractivity (Wildman–Crippen MR) is 87.5 cm³/mol. The van der Waals surface area contributed by atoms with Gasteiger partial charge in [0.15, 0.2) is 0 Å². The molecule has 0 aliphatic rings. The molecule has 0 fully saturated rings. The number of benzene rings is 2. The lowest BCUT2D eigenvalue weighted by molar-refractivity contribution is -0.385. The van der Waals surface area contributed by atoms with Gasteiger partial charge in [0.1, 0.15) is 0 Å². The fourth-order valence-corrected chi connectivity index (χ4v) is 3.68. The zero-order valence-corrected chi connectivity index (χ0v) is 14.2. The van der Waals surface area contributed by atoms with Crippen LogP contribution in [-0.4, -0.2) is 13.3 Å². The molecular weight excluding hydrogens is 372 g/mol. The largest absolute Gasteiger partial charge is 0.278 e. The first-order valence-electron chi connectivity index (χ1n) is 6.25. The van der Waals surface area contributed by atoms with Crippen LogP contribution in [-0.2, 0) is 10.0 Å². The van der Waals surface area contributed by atoms with Crippen molar-refractivity contribution < 1.29 is 13.3 Å². The van der Waals surface area contributed by atoms with E-state index in [2.05, 4.69) is 20.7 Å². The molecule has 0 aliphatic heterocycles. The number of nitro groups is 1. The van der Waals surface area contributed by atoms with Gasteiger partial charge in [-0.05, 0) is 53.5 Å². The Balaban J connectivity index is 2.42. The molecule has 8 heteroatoms. The fourth-order valence-electron chi connectivity index (χ4n) is 1.86. The maximum Gasteiger partial charge on any atom is 0.273 e. The van der Waals surface area contributed by atoms with E-state index in [4.69, 9.17) is 0 Å². The van der Waals surface area contributed by atoms with Gasteiger partial charge in [-0.2, -0.15) is 0 Å². The molecule has 0 heterocycles. The van der Waals surface area contributed by atoms with Gasteiger partial charge >= 0.3 is 0 Å². The van der Waals surface area contributed by atoms with Gasteiger partial charge in [0.2, 0.25) is 0 Å². The molecule has 2 aromatic carbocycles. The molecule has 1 N–H and O–H groups in total. The van der Waals surface area contributed by atoms with E-state index in [1.807, 2.05) is 6.92 Å². The van der Waals surface area contributed by atoms with Crippen molar-refractivity contribution in [2.24, 2.45) is 0 Å². The smallest absolute Gasteiger partial charge is 0.273 e. The zero-order chi connectivity index (χ0) is 16.5. The van der Waals surface area contributed by atoms with Crippen molar-refractivity contribution in [2.45, 2.75) is 18.7 Å². The molecule has 0 unspecified atom stereocenters. The van der Waals surface area contributed by atoms with E-state index in [9.17, 15) is 18.5 Å². The minimum atomic E-state index is -3.91. The van der Waals surface area contributed by atoms with Gasteiger partial charge in [0, 0.05) is 16.1 Å². The number of hydrogen-bond acceptors (Lipinski definition) is 4. The summed E-state index contributed by atoms with van der Waals surface area (Å²) in [6.07, 6.45) is 0. The fraction of sp³-hybridized carbons (Fsp3) is 0.143. The Morgan fingerprint density at radius 3 is 2.41 bits per heavy atom. The topological polar surface area (TPSA) is 89.3 Å². The van der Waals surface area contributed by atoms with E-state index >= 15 is 0 Å². The highest BCUT2D eigenvalue weighted by molar-refractivity contribution is 9.10. The number of nitrogens with one attached hydrogen (secondary N) is 1. The number of nitro benzene ring substituents is 1. The summed E-state index contributed by atoms with van der Waals surface area (Å²) in [6, 6.07) is 8.97. The van der Waals surface area contributed by atoms with Crippen molar-refractivity contribution >= 4 is 37.3 Å². The van der Waals surface area contributed by atoms with E-state index < -0.39 is 14.9 Å². The molecule has 0 aliphatic carbocycles. The van der Waals surface area contributed by atoms with Crippen molar-refractivity contribution in [3.05, 3.63) is 62.1 Å². The van der Waals surface area contributed by atoms with E-state index in [0.29, 0.717) is 15.7 Å². The lowest BCUT2D eigenvalue weighted by Gasteiger charge is -2.10. The van der Waals surface area contributed by atoms with Crippen LogP contribution in [0, 0.1) is 24.0 Å². The van der Waals surface area contributed by atoms with Crippen LogP contribution in [0.5, 0.6) is 0 Å². The quantitative estimate of drug-likeness (QED) is 0.641. The van der Waals surface area contributed by atoms with E-state index in [1.165, 1.54) is 12.1 Å². The van der Waals surface area contributed by atoms with Gasteiger partial charge < -0.3 is 0 Å². The second kappa shape index (κ2) is 6.05. The molecule has 0 atom stereocenters. The van der Waals surface area contributed by atoms with Crippen molar-refractivity contribution in [2.75, 3.05) is 4.72 Å². The first-order chi connectivity index (χ1) is 10.2. The summed E-state index contributed by atoms with van der Waals surface area (Å²) in [5.74, 6) is 0. The van der Waals surface area contributed by atoms with Crippen molar-refractivity contribution in [1.82, 2.24) is 0 Å². The molecule has 0 saturated carbocycles. The number of sulfonamides is 1.